The number of benzene rings is 3. The number of fused-ring (bicyclic) bond motifs is 1. The molecule has 0 saturated carbocycles. The highest BCUT2D eigenvalue weighted by Crippen LogP contribution is 2.28. The minimum absolute atomic E-state index is 1.02. The Hall–Kier alpha value is -2.93. The molecule has 0 amide bonds. The van der Waals surface area contributed by atoms with Gasteiger partial charge in [0.05, 0.1) is 11.2 Å². The maximum absolute atomic E-state index is 4.84. The van der Waals surface area contributed by atoms with Gasteiger partial charge in [0, 0.05) is 10.9 Å². The van der Waals surface area contributed by atoms with E-state index in [1.54, 1.807) is 0 Å². The largest absolute Gasteiger partial charge is 0.248 e. The van der Waals surface area contributed by atoms with Gasteiger partial charge in [-0.15, -0.1) is 0 Å². The highest BCUT2D eigenvalue weighted by atomic mass is 14.7. The molecule has 1 aromatic heterocycles. The van der Waals surface area contributed by atoms with Crippen molar-refractivity contribution in [1.82, 2.24) is 4.98 Å². The quantitative estimate of drug-likeness (QED) is 0.430. The number of rotatable bonds is 2. The fourth-order valence-corrected chi connectivity index (χ4v) is 3.16. The molecule has 0 radical (unpaired) electrons. The summed E-state index contributed by atoms with van der Waals surface area (Å²) in [7, 11) is 0. The first-order valence-electron chi connectivity index (χ1n) is 8.24. The van der Waals surface area contributed by atoms with Crippen LogP contribution >= 0.6 is 0 Å². The third kappa shape index (κ3) is 2.69. The summed E-state index contributed by atoms with van der Waals surface area (Å²) >= 11 is 0. The van der Waals surface area contributed by atoms with Crippen LogP contribution in [0.25, 0.3) is 33.3 Å². The van der Waals surface area contributed by atoms with Gasteiger partial charge in [0.25, 0.3) is 0 Å². The molecule has 0 aliphatic rings. The summed E-state index contributed by atoms with van der Waals surface area (Å²) in [5.41, 5.74) is 8.29. The Morgan fingerprint density at radius 2 is 1.54 bits per heavy atom. The molecule has 0 N–H and O–H groups in total. The molecule has 0 spiro atoms. The predicted octanol–water partition coefficient (Wildman–Crippen LogP) is 6.19. The van der Waals surface area contributed by atoms with E-state index in [0.29, 0.717) is 0 Å². The summed E-state index contributed by atoms with van der Waals surface area (Å²) in [4.78, 5) is 4.84. The number of aromatic nitrogens is 1. The van der Waals surface area contributed by atoms with Crippen LogP contribution in [0, 0.1) is 13.8 Å². The van der Waals surface area contributed by atoms with Crippen molar-refractivity contribution in [3.05, 3.63) is 90.0 Å². The van der Waals surface area contributed by atoms with Crippen LogP contribution in [0.2, 0.25) is 0 Å². The topological polar surface area (TPSA) is 12.9 Å². The standard InChI is InChI=1S/C23H19N/c1-16-6-5-8-19(14-16)22-13-11-20-15-18(10-12-23(20)24-22)21-9-4-3-7-17(21)2/h3-15H,1-2H3. The second-order valence-corrected chi connectivity index (χ2v) is 6.29. The molecule has 116 valence electrons. The molecule has 3 aromatic carbocycles. The van der Waals surface area contributed by atoms with Crippen LogP contribution in [-0.2, 0) is 0 Å². The summed E-state index contributed by atoms with van der Waals surface area (Å²) in [6.07, 6.45) is 0. The van der Waals surface area contributed by atoms with Crippen LogP contribution in [0.5, 0.6) is 0 Å². The molecule has 0 unspecified atom stereocenters. The van der Waals surface area contributed by atoms with Gasteiger partial charge >= 0.3 is 0 Å². The van der Waals surface area contributed by atoms with E-state index in [-0.39, 0.29) is 0 Å². The third-order valence-corrected chi connectivity index (χ3v) is 4.46. The molecule has 0 saturated heterocycles. The van der Waals surface area contributed by atoms with Crippen molar-refractivity contribution in [2.75, 3.05) is 0 Å². The van der Waals surface area contributed by atoms with Crippen LogP contribution in [0.1, 0.15) is 11.1 Å². The van der Waals surface area contributed by atoms with Crippen molar-refractivity contribution in [1.29, 1.82) is 0 Å². The Morgan fingerprint density at radius 1 is 0.667 bits per heavy atom. The SMILES string of the molecule is Cc1cccc(-c2ccc3cc(-c4ccccc4C)ccc3n2)c1. The number of pyridine rings is 1. The molecule has 4 rings (SSSR count). The van der Waals surface area contributed by atoms with Gasteiger partial charge in [0.1, 0.15) is 0 Å². The lowest BCUT2D eigenvalue weighted by atomic mass is 9.99. The summed E-state index contributed by atoms with van der Waals surface area (Å²) in [5, 5.41) is 1.17. The van der Waals surface area contributed by atoms with Crippen LogP contribution in [0.15, 0.2) is 78.9 Å². The molecule has 0 fully saturated rings. The lowest BCUT2D eigenvalue weighted by molar-refractivity contribution is 1.38. The molecule has 0 atom stereocenters. The molecular weight excluding hydrogens is 290 g/mol. The maximum Gasteiger partial charge on any atom is 0.0709 e. The molecule has 24 heavy (non-hydrogen) atoms. The molecule has 0 bridgehead atoms. The fraction of sp³-hybridized carbons (Fsp3) is 0.0870. The van der Waals surface area contributed by atoms with Crippen molar-refractivity contribution in [2.24, 2.45) is 0 Å². The molecular formula is C23H19N. The fourth-order valence-electron chi connectivity index (χ4n) is 3.16. The van der Waals surface area contributed by atoms with Crippen molar-refractivity contribution in [3.8, 4) is 22.4 Å². The number of nitrogens with zero attached hydrogens (tertiary/aromatic N) is 1. The van der Waals surface area contributed by atoms with Gasteiger partial charge in [-0.2, -0.15) is 0 Å². The van der Waals surface area contributed by atoms with Crippen molar-refractivity contribution in [2.45, 2.75) is 13.8 Å². The molecule has 1 nitrogen and oxygen atoms in total. The second kappa shape index (κ2) is 5.93. The Morgan fingerprint density at radius 3 is 2.38 bits per heavy atom. The lowest BCUT2D eigenvalue weighted by Gasteiger charge is -2.08. The normalized spacial score (nSPS) is 10.9. The highest BCUT2D eigenvalue weighted by molar-refractivity contribution is 5.86. The molecule has 0 aliphatic carbocycles. The van der Waals surface area contributed by atoms with Gasteiger partial charge in [-0.05, 0) is 54.8 Å². The molecule has 0 aliphatic heterocycles. The zero-order chi connectivity index (χ0) is 16.5. The lowest BCUT2D eigenvalue weighted by Crippen LogP contribution is -1.88. The highest BCUT2D eigenvalue weighted by Gasteiger charge is 2.05. The average Bonchev–Trinajstić information content (AvgIpc) is 2.61. The van der Waals surface area contributed by atoms with Gasteiger partial charge < -0.3 is 0 Å². The predicted molar refractivity (Wildman–Crippen MR) is 102 cm³/mol. The smallest absolute Gasteiger partial charge is 0.0709 e. The average molecular weight is 309 g/mol. The minimum Gasteiger partial charge on any atom is -0.248 e. The van der Waals surface area contributed by atoms with E-state index in [9.17, 15) is 0 Å². The van der Waals surface area contributed by atoms with Crippen molar-refractivity contribution in [3.63, 3.8) is 0 Å². The zero-order valence-electron chi connectivity index (χ0n) is 14.0. The van der Waals surface area contributed by atoms with Crippen LogP contribution in [0.4, 0.5) is 0 Å². The maximum atomic E-state index is 4.84. The summed E-state index contributed by atoms with van der Waals surface area (Å²) in [6, 6.07) is 27.8. The monoisotopic (exact) mass is 309 g/mol. The number of hydrogen-bond donors (Lipinski definition) is 0. The summed E-state index contributed by atoms with van der Waals surface area (Å²) in [6.45, 7) is 4.26. The minimum atomic E-state index is 1.02. The van der Waals surface area contributed by atoms with Crippen LogP contribution in [0.3, 0.4) is 0 Å². The van der Waals surface area contributed by atoms with Gasteiger partial charge in [0.15, 0.2) is 0 Å². The van der Waals surface area contributed by atoms with E-state index < -0.39 is 0 Å². The molecule has 1 heteroatoms. The van der Waals surface area contributed by atoms with E-state index in [1.807, 2.05) is 0 Å². The van der Waals surface area contributed by atoms with Crippen LogP contribution in [-0.4, -0.2) is 4.98 Å². The van der Waals surface area contributed by atoms with E-state index in [1.165, 1.54) is 33.2 Å². The second-order valence-electron chi connectivity index (χ2n) is 6.29. The number of hydrogen-bond acceptors (Lipinski definition) is 1. The summed E-state index contributed by atoms with van der Waals surface area (Å²) in [5.74, 6) is 0. The van der Waals surface area contributed by atoms with E-state index in [2.05, 4.69) is 92.7 Å². The van der Waals surface area contributed by atoms with Crippen molar-refractivity contribution >= 4 is 10.9 Å². The number of aryl methyl sites for hydroxylation is 2. The Bertz CT molecular complexity index is 1030. The van der Waals surface area contributed by atoms with E-state index in [0.717, 1.165) is 11.2 Å². The third-order valence-electron chi connectivity index (χ3n) is 4.46. The first-order chi connectivity index (χ1) is 11.7. The Balaban J connectivity index is 1.80. The molecule has 4 aromatic rings. The zero-order valence-corrected chi connectivity index (χ0v) is 14.0. The summed E-state index contributed by atoms with van der Waals surface area (Å²) < 4.78 is 0. The van der Waals surface area contributed by atoms with Gasteiger partial charge in [0.2, 0.25) is 0 Å². The van der Waals surface area contributed by atoms with Gasteiger partial charge in [-0.25, -0.2) is 4.98 Å². The Labute approximate surface area is 142 Å². The van der Waals surface area contributed by atoms with Crippen LogP contribution < -0.4 is 0 Å². The van der Waals surface area contributed by atoms with Gasteiger partial charge in [-0.1, -0.05) is 60.2 Å². The Kier molecular flexibility index (Phi) is 3.62. The van der Waals surface area contributed by atoms with Crippen molar-refractivity contribution < 1.29 is 0 Å². The van der Waals surface area contributed by atoms with E-state index in [4.69, 9.17) is 4.98 Å². The van der Waals surface area contributed by atoms with Gasteiger partial charge in [-0.3, -0.25) is 0 Å². The van der Waals surface area contributed by atoms with E-state index >= 15 is 0 Å². The first-order valence-corrected chi connectivity index (χ1v) is 8.24. The molecule has 1 heterocycles. The first kappa shape index (κ1) is 14.6.